The molecule has 8 heteroatoms. The minimum Gasteiger partial charge on any atom is -0.480 e. The summed E-state index contributed by atoms with van der Waals surface area (Å²) in [5.74, 6) is -0.974. The van der Waals surface area contributed by atoms with E-state index in [1.807, 2.05) is 0 Å². The smallest absolute Gasteiger partial charge is 0.325 e. The Morgan fingerprint density at radius 3 is 2.81 bits per heavy atom. The number of carboxylic acids is 1. The van der Waals surface area contributed by atoms with Crippen molar-refractivity contribution in [3.8, 4) is 0 Å². The molecule has 0 aliphatic heterocycles. The van der Waals surface area contributed by atoms with E-state index < -0.39 is 16.9 Å². The van der Waals surface area contributed by atoms with E-state index in [1.165, 1.54) is 6.92 Å². The first-order valence-electron chi connectivity index (χ1n) is 4.21. The third-order valence-corrected chi connectivity index (χ3v) is 2.05. The highest BCUT2D eigenvalue weighted by Gasteiger charge is 2.15. The van der Waals surface area contributed by atoms with Gasteiger partial charge < -0.3 is 10.4 Å². The Morgan fingerprint density at radius 2 is 2.38 bits per heavy atom. The first-order valence-corrected chi connectivity index (χ1v) is 4.59. The summed E-state index contributed by atoms with van der Waals surface area (Å²) < 4.78 is 0. The van der Waals surface area contributed by atoms with Crippen LogP contribution in [0.1, 0.15) is 6.92 Å². The molecule has 0 aliphatic carbocycles. The Kier molecular flexibility index (Phi) is 3.62. The van der Waals surface area contributed by atoms with Crippen molar-refractivity contribution in [3.05, 3.63) is 27.4 Å². The minimum absolute atomic E-state index is 0.00213. The van der Waals surface area contributed by atoms with Gasteiger partial charge in [-0.2, -0.15) is 0 Å². The molecule has 86 valence electrons. The number of rotatable bonds is 4. The van der Waals surface area contributed by atoms with Crippen LogP contribution in [-0.4, -0.2) is 27.0 Å². The third kappa shape index (κ3) is 2.80. The lowest BCUT2D eigenvalue weighted by molar-refractivity contribution is -0.385. The van der Waals surface area contributed by atoms with Crippen molar-refractivity contribution in [2.24, 2.45) is 0 Å². The maximum absolute atomic E-state index is 10.5. The molecule has 1 heterocycles. The van der Waals surface area contributed by atoms with Gasteiger partial charge in [-0.15, -0.1) is 0 Å². The zero-order valence-electron chi connectivity index (χ0n) is 8.18. The molecule has 0 radical (unpaired) electrons. The van der Waals surface area contributed by atoms with Gasteiger partial charge in [0, 0.05) is 6.07 Å². The zero-order valence-corrected chi connectivity index (χ0v) is 8.93. The average molecular weight is 246 g/mol. The number of anilines is 1. The molecule has 0 fully saturated rings. The van der Waals surface area contributed by atoms with Crippen molar-refractivity contribution in [1.29, 1.82) is 0 Å². The molecule has 1 unspecified atom stereocenters. The highest BCUT2D eigenvalue weighted by molar-refractivity contribution is 6.33. The fourth-order valence-corrected chi connectivity index (χ4v) is 1.12. The number of halogens is 1. The molecule has 0 amide bonds. The summed E-state index contributed by atoms with van der Waals surface area (Å²) >= 11 is 5.70. The van der Waals surface area contributed by atoms with Gasteiger partial charge in [-0.1, -0.05) is 11.6 Å². The number of hydrogen-bond donors (Lipinski definition) is 2. The molecule has 0 bridgehead atoms. The highest BCUT2D eigenvalue weighted by Crippen LogP contribution is 2.24. The van der Waals surface area contributed by atoms with E-state index in [1.54, 1.807) is 0 Å². The summed E-state index contributed by atoms with van der Waals surface area (Å²) in [4.78, 5) is 24.0. The molecule has 0 aliphatic rings. The molecule has 1 rings (SSSR count). The van der Waals surface area contributed by atoms with Gasteiger partial charge in [0.2, 0.25) is 0 Å². The van der Waals surface area contributed by atoms with E-state index in [4.69, 9.17) is 16.7 Å². The van der Waals surface area contributed by atoms with E-state index in [2.05, 4.69) is 10.3 Å². The molecule has 7 nitrogen and oxygen atoms in total. The van der Waals surface area contributed by atoms with Crippen LogP contribution in [0.2, 0.25) is 5.02 Å². The standard InChI is InChI=1S/C8H8ClN3O4/c1-4(8(13)14)11-7-6(9)2-5(3-10-7)12(15)16/h2-4H,1H3,(H,10,11)(H,13,14). The lowest BCUT2D eigenvalue weighted by atomic mass is 10.3. The molecule has 1 aromatic heterocycles. The van der Waals surface area contributed by atoms with Crippen LogP contribution in [0, 0.1) is 10.1 Å². The number of aliphatic carboxylic acids is 1. The fraction of sp³-hybridized carbons (Fsp3) is 0.250. The first kappa shape index (κ1) is 12.2. The second kappa shape index (κ2) is 4.75. The van der Waals surface area contributed by atoms with Crippen LogP contribution in [0.3, 0.4) is 0 Å². The Hall–Kier alpha value is -1.89. The van der Waals surface area contributed by atoms with E-state index >= 15 is 0 Å². The maximum atomic E-state index is 10.5. The van der Waals surface area contributed by atoms with Gasteiger partial charge in [0.05, 0.1) is 9.95 Å². The lowest BCUT2D eigenvalue weighted by Crippen LogP contribution is -2.26. The average Bonchev–Trinajstić information content (AvgIpc) is 2.20. The Bertz CT molecular complexity index is 437. The molecular formula is C8H8ClN3O4. The van der Waals surface area contributed by atoms with Gasteiger partial charge in [-0.05, 0) is 6.92 Å². The van der Waals surface area contributed by atoms with Crippen molar-refractivity contribution in [2.75, 3.05) is 5.32 Å². The molecule has 0 saturated carbocycles. The van der Waals surface area contributed by atoms with Crippen LogP contribution in [0.25, 0.3) is 0 Å². The van der Waals surface area contributed by atoms with Crippen molar-refractivity contribution < 1.29 is 14.8 Å². The molecule has 1 aromatic rings. The van der Waals surface area contributed by atoms with Gasteiger partial charge in [0.25, 0.3) is 5.69 Å². The quantitative estimate of drug-likeness (QED) is 0.615. The molecular weight excluding hydrogens is 238 g/mol. The molecule has 1 atom stereocenters. The molecule has 2 N–H and O–H groups in total. The normalized spacial score (nSPS) is 11.9. The van der Waals surface area contributed by atoms with Gasteiger partial charge in [-0.25, -0.2) is 4.98 Å². The molecule has 0 spiro atoms. The van der Waals surface area contributed by atoms with Crippen molar-refractivity contribution in [1.82, 2.24) is 4.98 Å². The van der Waals surface area contributed by atoms with Gasteiger partial charge >= 0.3 is 5.97 Å². The van der Waals surface area contributed by atoms with Crippen LogP contribution in [0.5, 0.6) is 0 Å². The summed E-state index contributed by atoms with van der Waals surface area (Å²) in [6.45, 7) is 1.40. The van der Waals surface area contributed by atoms with Crippen LogP contribution in [-0.2, 0) is 4.79 Å². The zero-order chi connectivity index (χ0) is 12.3. The van der Waals surface area contributed by atoms with Crippen molar-refractivity contribution >= 4 is 29.1 Å². The lowest BCUT2D eigenvalue weighted by Gasteiger charge is -2.10. The van der Waals surface area contributed by atoms with Crippen LogP contribution in [0.4, 0.5) is 11.5 Å². The third-order valence-electron chi connectivity index (χ3n) is 1.76. The summed E-state index contributed by atoms with van der Waals surface area (Å²) in [5, 5.41) is 21.5. The summed E-state index contributed by atoms with van der Waals surface area (Å²) in [7, 11) is 0. The Morgan fingerprint density at radius 1 is 1.75 bits per heavy atom. The highest BCUT2D eigenvalue weighted by atomic mass is 35.5. The monoisotopic (exact) mass is 245 g/mol. The van der Waals surface area contributed by atoms with Crippen molar-refractivity contribution in [3.63, 3.8) is 0 Å². The van der Waals surface area contributed by atoms with E-state index in [0.29, 0.717) is 0 Å². The first-order chi connectivity index (χ1) is 7.41. The summed E-state index contributed by atoms with van der Waals surface area (Å²) in [6.07, 6.45) is 1.00. The van der Waals surface area contributed by atoms with Gasteiger partial charge in [0.15, 0.2) is 0 Å². The second-order valence-electron chi connectivity index (χ2n) is 2.99. The Labute approximate surface area is 95.2 Å². The number of nitro groups is 1. The van der Waals surface area contributed by atoms with Crippen LogP contribution in [0.15, 0.2) is 12.3 Å². The van der Waals surface area contributed by atoms with Gasteiger partial charge in [0.1, 0.15) is 18.1 Å². The summed E-state index contributed by atoms with van der Waals surface area (Å²) in [5.41, 5.74) is -0.251. The molecule has 0 saturated heterocycles. The predicted molar refractivity (Wildman–Crippen MR) is 56.6 cm³/mol. The fourth-order valence-electron chi connectivity index (χ4n) is 0.901. The van der Waals surface area contributed by atoms with E-state index in [0.717, 1.165) is 12.3 Å². The SMILES string of the molecule is CC(Nc1ncc([N+](=O)[O-])cc1Cl)C(=O)O. The number of nitrogens with zero attached hydrogens (tertiary/aromatic N) is 2. The van der Waals surface area contributed by atoms with Crippen LogP contribution < -0.4 is 5.32 Å². The second-order valence-corrected chi connectivity index (χ2v) is 3.39. The predicted octanol–water partition coefficient (Wildman–Crippen LogP) is 1.53. The Balaban J connectivity index is 2.91. The number of carbonyl (C=O) groups is 1. The van der Waals surface area contributed by atoms with Gasteiger partial charge in [-0.3, -0.25) is 14.9 Å². The van der Waals surface area contributed by atoms with Crippen LogP contribution >= 0.6 is 11.6 Å². The molecule has 16 heavy (non-hydrogen) atoms. The number of hydrogen-bond acceptors (Lipinski definition) is 5. The minimum atomic E-state index is -1.07. The molecule has 0 aromatic carbocycles. The van der Waals surface area contributed by atoms with E-state index in [9.17, 15) is 14.9 Å². The largest absolute Gasteiger partial charge is 0.480 e. The number of nitrogens with one attached hydrogen (secondary N) is 1. The van der Waals surface area contributed by atoms with E-state index in [-0.39, 0.29) is 16.5 Å². The topological polar surface area (TPSA) is 105 Å². The summed E-state index contributed by atoms with van der Waals surface area (Å²) in [6, 6.07) is 0.220. The maximum Gasteiger partial charge on any atom is 0.325 e. The number of carboxylic acid groups (broad SMARTS) is 1. The van der Waals surface area contributed by atoms with Crippen molar-refractivity contribution in [2.45, 2.75) is 13.0 Å². The number of aromatic nitrogens is 1. The number of pyridine rings is 1.